The van der Waals surface area contributed by atoms with Gasteiger partial charge in [0.15, 0.2) is 5.89 Å². The van der Waals surface area contributed by atoms with Gasteiger partial charge in [-0.2, -0.15) is 0 Å². The minimum absolute atomic E-state index is 0.179. The first-order chi connectivity index (χ1) is 9.01. The SMILES string of the molecule is CCCOCCc1cnc(CCCNC(C)(C)C)o1. The van der Waals surface area contributed by atoms with Crippen LogP contribution in [0.1, 0.15) is 52.2 Å². The first kappa shape index (κ1) is 16.2. The number of oxazole rings is 1. The van der Waals surface area contributed by atoms with Gasteiger partial charge in [-0.15, -0.1) is 0 Å². The van der Waals surface area contributed by atoms with Crippen LogP contribution in [-0.2, 0) is 17.6 Å². The van der Waals surface area contributed by atoms with E-state index in [1.54, 1.807) is 0 Å². The van der Waals surface area contributed by atoms with Gasteiger partial charge in [0.1, 0.15) is 5.76 Å². The third kappa shape index (κ3) is 8.01. The van der Waals surface area contributed by atoms with E-state index in [1.807, 2.05) is 6.20 Å². The molecule has 19 heavy (non-hydrogen) atoms. The van der Waals surface area contributed by atoms with Crippen LogP contribution in [0.25, 0.3) is 0 Å². The van der Waals surface area contributed by atoms with E-state index in [0.29, 0.717) is 6.61 Å². The average Bonchev–Trinajstić information content (AvgIpc) is 2.77. The van der Waals surface area contributed by atoms with Gasteiger partial charge in [0.2, 0.25) is 0 Å². The Bertz CT molecular complexity index is 342. The van der Waals surface area contributed by atoms with Crippen molar-refractivity contribution in [2.24, 2.45) is 0 Å². The third-order valence-electron chi connectivity index (χ3n) is 2.67. The normalized spacial score (nSPS) is 12.0. The van der Waals surface area contributed by atoms with Crippen LogP contribution < -0.4 is 5.32 Å². The molecule has 0 aliphatic heterocycles. The van der Waals surface area contributed by atoms with Gasteiger partial charge in [-0.1, -0.05) is 6.92 Å². The highest BCUT2D eigenvalue weighted by Gasteiger charge is 2.08. The van der Waals surface area contributed by atoms with Crippen molar-refractivity contribution < 1.29 is 9.15 Å². The van der Waals surface area contributed by atoms with Crippen molar-refractivity contribution in [3.05, 3.63) is 17.8 Å². The fraction of sp³-hybridized carbons (Fsp3) is 0.800. The Morgan fingerprint density at radius 2 is 2.05 bits per heavy atom. The Morgan fingerprint density at radius 1 is 1.26 bits per heavy atom. The van der Waals surface area contributed by atoms with Gasteiger partial charge in [0, 0.05) is 25.0 Å². The van der Waals surface area contributed by atoms with Crippen LogP contribution in [-0.4, -0.2) is 30.3 Å². The van der Waals surface area contributed by atoms with Gasteiger partial charge < -0.3 is 14.5 Å². The second-order valence-electron chi connectivity index (χ2n) is 5.86. The number of rotatable bonds is 9. The summed E-state index contributed by atoms with van der Waals surface area (Å²) in [6, 6.07) is 0. The van der Waals surface area contributed by atoms with Gasteiger partial charge in [-0.3, -0.25) is 0 Å². The van der Waals surface area contributed by atoms with E-state index in [4.69, 9.17) is 9.15 Å². The molecule has 1 N–H and O–H groups in total. The summed E-state index contributed by atoms with van der Waals surface area (Å²) < 4.78 is 11.1. The summed E-state index contributed by atoms with van der Waals surface area (Å²) in [5.41, 5.74) is 0.179. The molecule has 0 atom stereocenters. The maximum atomic E-state index is 5.68. The van der Waals surface area contributed by atoms with Gasteiger partial charge >= 0.3 is 0 Å². The van der Waals surface area contributed by atoms with Crippen LogP contribution in [0.4, 0.5) is 0 Å². The molecule has 0 spiro atoms. The number of aryl methyl sites for hydroxylation is 1. The van der Waals surface area contributed by atoms with E-state index < -0.39 is 0 Å². The number of nitrogens with one attached hydrogen (secondary N) is 1. The highest BCUT2D eigenvalue weighted by molar-refractivity contribution is 4.94. The monoisotopic (exact) mass is 268 g/mol. The molecule has 0 bridgehead atoms. The Hall–Kier alpha value is -0.870. The Labute approximate surface area is 116 Å². The Balaban J connectivity index is 2.16. The van der Waals surface area contributed by atoms with Crippen molar-refractivity contribution in [2.45, 2.75) is 58.9 Å². The zero-order chi connectivity index (χ0) is 14.1. The molecular formula is C15H28N2O2. The largest absolute Gasteiger partial charge is 0.446 e. The summed E-state index contributed by atoms with van der Waals surface area (Å²) in [7, 11) is 0. The smallest absolute Gasteiger partial charge is 0.194 e. The fourth-order valence-corrected chi connectivity index (χ4v) is 1.70. The minimum atomic E-state index is 0.179. The molecule has 0 aromatic carbocycles. The quantitative estimate of drug-likeness (QED) is 0.699. The van der Waals surface area contributed by atoms with Gasteiger partial charge in [0.05, 0.1) is 12.8 Å². The second kappa shape index (κ2) is 8.33. The number of nitrogens with zero attached hydrogens (tertiary/aromatic N) is 1. The molecule has 0 fully saturated rings. The highest BCUT2D eigenvalue weighted by Crippen LogP contribution is 2.07. The zero-order valence-electron chi connectivity index (χ0n) is 12.8. The van der Waals surface area contributed by atoms with Crippen molar-refractivity contribution in [1.82, 2.24) is 10.3 Å². The van der Waals surface area contributed by atoms with Crippen LogP contribution in [0, 0.1) is 0 Å². The first-order valence-electron chi connectivity index (χ1n) is 7.27. The summed E-state index contributed by atoms with van der Waals surface area (Å²) in [6.07, 6.45) is 5.62. The van der Waals surface area contributed by atoms with Crippen LogP contribution in [0.5, 0.6) is 0 Å². The lowest BCUT2D eigenvalue weighted by atomic mass is 10.1. The molecule has 1 aromatic heterocycles. The third-order valence-corrected chi connectivity index (χ3v) is 2.67. The number of aromatic nitrogens is 1. The van der Waals surface area contributed by atoms with E-state index in [2.05, 4.69) is 38.0 Å². The lowest BCUT2D eigenvalue weighted by molar-refractivity contribution is 0.134. The van der Waals surface area contributed by atoms with Crippen LogP contribution >= 0.6 is 0 Å². The summed E-state index contributed by atoms with van der Waals surface area (Å²) in [6.45, 7) is 11.2. The van der Waals surface area contributed by atoms with E-state index in [-0.39, 0.29) is 5.54 Å². The van der Waals surface area contributed by atoms with Crippen molar-refractivity contribution in [3.8, 4) is 0 Å². The molecule has 1 aromatic rings. The van der Waals surface area contributed by atoms with Crippen molar-refractivity contribution in [2.75, 3.05) is 19.8 Å². The molecule has 0 radical (unpaired) electrons. The predicted molar refractivity (Wildman–Crippen MR) is 77.4 cm³/mol. The molecule has 0 saturated heterocycles. The summed E-state index contributed by atoms with van der Waals surface area (Å²) >= 11 is 0. The lowest BCUT2D eigenvalue weighted by Crippen LogP contribution is -2.36. The van der Waals surface area contributed by atoms with Crippen molar-refractivity contribution in [1.29, 1.82) is 0 Å². The lowest BCUT2D eigenvalue weighted by Gasteiger charge is -2.19. The minimum Gasteiger partial charge on any atom is -0.446 e. The topological polar surface area (TPSA) is 47.3 Å². The van der Waals surface area contributed by atoms with Crippen LogP contribution in [0.15, 0.2) is 10.6 Å². The molecule has 110 valence electrons. The van der Waals surface area contributed by atoms with Crippen molar-refractivity contribution in [3.63, 3.8) is 0 Å². The molecule has 1 heterocycles. The van der Waals surface area contributed by atoms with E-state index in [0.717, 1.165) is 50.5 Å². The first-order valence-corrected chi connectivity index (χ1v) is 7.27. The average molecular weight is 268 g/mol. The fourth-order valence-electron chi connectivity index (χ4n) is 1.70. The van der Waals surface area contributed by atoms with Gasteiger partial charge in [-0.05, 0) is 40.2 Å². The molecule has 0 amide bonds. The zero-order valence-corrected chi connectivity index (χ0v) is 12.8. The molecule has 0 unspecified atom stereocenters. The van der Waals surface area contributed by atoms with E-state index >= 15 is 0 Å². The second-order valence-corrected chi connectivity index (χ2v) is 5.86. The van der Waals surface area contributed by atoms with Crippen molar-refractivity contribution >= 4 is 0 Å². The maximum Gasteiger partial charge on any atom is 0.194 e. The number of hydrogen-bond acceptors (Lipinski definition) is 4. The molecule has 0 aliphatic rings. The Morgan fingerprint density at radius 3 is 2.74 bits per heavy atom. The summed E-state index contributed by atoms with van der Waals surface area (Å²) in [4.78, 5) is 4.30. The predicted octanol–water partition coefficient (Wildman–Crippen LogP) is 2.96. The molecule has 0 saturated carbocycles. The maximum absolute atomic E-state index is 5.68. The summed E-state index contributed by atoms with van der Waals surface area (Å²) in [5, 5.41) is 3.46. The highest BCUT2D eigenvalue weighted by atomic mass is 16.5. The van der Waals surface area contributed by atoms with E-state index in [1.165, 1.54) is 0 Å². The molecule has 4 heteroatoms. The van der Waals surface area contributed by atoms with Gasteiger partial charge in [-0.25, -0.2) is 4.98 Å². The van der Waals surface area contributed by atoms with Crippen LogP contribution in [0.2, 0.25) is 0 Å². The molecular weight excluding hydrogens is 240 g/mol. The number of hydrogen-bond donors (Lipinski definition) is 1. The summed E-state index contributed by atoms with van der Waals surface area (Å²) in [5.74, 6) is 1.76. The standard InChI is InChI=1S/C15H28N2O2/c1-5-10-18-11-8-13-12-16-14(19-13)7-6-9-17-15(2,3)4/h12,17H,5-11H2,1-4H3. The molecule has 4 nitrogen and oxygen atoms in total. The molecule has 0 aliphatic carbocycles. The van der Waals surface area contributed by atoms with E-state index in [9.17, 15) is 0 Å². The van der Waals surface area contributed by atoms with Crippen LogP contribution in [0.3, 0.4) is 0 Å². The molecule has 1 rings (SSSR count). The van der Waals surface area contributed by atoms with Gasteiger partial charge in [0.25, 0.3) is 0 Å². The Kier molecular flexibility index (Phi) is 7.10. The number of ether oxygens (including phenoxy) is 1.